The molecular formula is C29H35F3N2O5. The Hall–Kier alpha value is -3.11. The maximum atomic E-state index is 13.9. The van der Waals surface area contributed by atoms with Crippen molar-refractivity contribution in [2.75, 3.05) is 13.7 Å². The lowest BCUT2D eigenvalue weighted by atomic mass is 9.72. The number of ether oxygens (including phenoxy) is 2. The third-order valence-electron chi connectivity index (χ3n) is 7.66. The van der Waals surface area contributed by atoms with Crippen LogP contribution in [-0.4, -0.2) is 53.8 Å². The Labute approximate surface area is 226 Å². The molecule has 2 aliphatic heterocycles. The van der Waals surface area contributed by atoms with Crippen LogP contribution in [0.5, 0.6) is 5.75 Å². The van der Waals surface area contributed by atoms with Gasteiger partial charge in [0.25, 0.3) is 5.91 Å². The molecule has 2 fully saturated rings. The number of aliphatic carboxylic acids is 1. The molecule has 5 atom stereocenters. The van der Waals surface area contributed by atoms with Crippen LogP contribution in [0.2, 0.25) is 0 Å². The number of benzene rings is 2. The van der Waals surface area contributed by atoms with Gasteiger partial charge in [0.15, 0.2) is 0 Å². The zero-order valence-electron chi connectivity index (χ0n) is 22.5. The molecule has 2 aliphatic rings. The van der Waals surface area contributed by atoms with Crippen LogP contribution < -0.4 is 10.1 Å². The predicted molar refractivity (Wildman–Crippen MR) is 138 cm³/mol. The Morgan fingerprint density at radius 3 is 2.36 bits per heavy atom. The van der Waals surface area contributed by atoms with E-state index in [1.54, 1.807) is 0 Å². The molecule has 0 spiro atoms. The van der Waals surface area contributed by atoms with Crippen LogP contribution >= 0.6 is 0 Å². The summed E-state index contributed by atoms with van der Waals surface area (Å²) in [5.41, 5.74) is -0.124. The van der Waals surface area contributed by atoms with Crippen molar-refractivity contribution in [2.45, 2.75) is 70.6 Å². The van der Waals surface area contributed by atoms with Gasteiger partial charge in [0.05, 0.1) is 18.7 Å². The second kappa shape index (κ2) is 11.2. The number of carboxylic acid groups (broad SMARTS) is 1. The van der Waals surface area contributed by atoms with Crippen LogP contribution in [0.15, 0.2) is 48.5 Å². The number of amides is 1. The quantitative estimate of drug-likeness (QED) is 0.504. The van der Waals surface area contributed by atoms with Gasteiger partial charge in [-0.25, -0.2) is 4.79 Å². The molecule has 0 aromatic heterocycles. The van der Waals surface area contributed by atoms with Crippen LogP contribution in [0, 0.1) is 11.3 Å². The Kier molecular flexibility index (Phi) is 8.28. The van der Waals surface area contributed by atoms with E-state index in [1.165, 1.54) is 18.1 Å². The number of halogens is 3. The van der Waals surface area contributed by atoms with Crippen LogP contribution in [0.1, 0.15) is 56.3 Å². The van der Waals surface area contributed by atoms with Crippen molar-refractivity contribution in [3.8, 4) is 5.75 Å². The average Bonchev–Trinajstić information content (AvgIpc) is 3.53. The van der Waals surface area contributed by atoms with Gasteiger partial charge in [0.2, 0.25) is 0 Å². The molecule has 2 saturated heterocycles. The minimum Gasteiger partial charge on any atom is -0.496 e. The number of rotatable bonds is 7. The Bertz CT molecular complexity index is 1180. The van der Waals surface area contributed by atoms with Crippen molar-refractivity contribution < 1.29 is 37.3 Å². The Morgan fingerprint density at radius 2 is 1.82 bits per heavy atom. The third-order valence-corrected chi connectivity index (χ3v) is 7.66. The van der Waals surface area contributed by atoms with E-state index in [1.807, 2.05) is 51.1 Å². The van der Waals surface area contributed by atoms with Crippen LogP contribution in [0.25, 0.3) is 0 Å². The number of carboxylic acids is 1. The topological polar surface area (TPSA) is 88.1 Å². The summed E-state index contributed by atoms with van der Waals surface area (Å²) in [5, 5.41) is 13.9. The molecule has 7 nitrogen and oxygen atoms in total. The fraction of sp³-hybridized carbons (Fsp3) is 0.517. The lowest BCUT2D eigenvalue weighted by Gasteiger charge is -2.35. The fourth-order valence-electron chi connectivity index (χ4n) is 5.96. The first-order valence-electron chi connectivity index (χ1n) is 13.0. The number of likely N-dealkylation sites (tertiary alicyclic amines) is 1. The fourth-order valence-corrected chi connectivity index (χ4v) is 5.96. The first-order chi connectivity index (χ1) is 18.3. The molecule has 10 heteroatoms. The van der Waals surface area contributed by atoms with Gasteiger partial charge in [-0.1, -0.05) is 57.2 Å². The highest BCUT2D eigenvalue weighted by Crippen LogP contribution is 2.49. The van der Waals surface area contributed by atoms with Crippen molar-refractivity contribution in [2.24, 2.45) is 11.3 Å². The molecule has 2 aromatic carbocycles. The molecule has 0 radical (unpaired) electrons. The second-order valence-electron chi connectivity index (χ2n) is 11.2. The van der Waals surface area contributed by atoms with Gasteiger partial charge in [-0.15, -0.1) is 0 Å². The minimum atomic E-state index is -4.52. The van der Waals surface area contributed by atoms with Crippen molar-refractivity contribution in [1.82, 2.24) is 10.2 Å². The lowest BCUT2D eigenvalue weighted by Crippen LogP contribution is -2.50. The van der Waals surface area contributed by atoms with E-state index >= 15 is 0 Å². The molecule has 0 bridgehead atoms. The minimum absolute atomic E-state index is 0.0703. The summed E-state index contributed by atoms with van der Waals surface area (Å²) in [6, 6.07) is 10.2. The highest BCUT2D eigenvalue weighted by Gasteiger charge is 2.58. The summed E-state index contributed by atoms with van der Waals surface area (Å²) in [5.74, 6) is -1.94. The number of hydrogen-bond donors (Lipinski definition) is 2. The second-order valence-corrected chi connectivity index (χ2v) is 11.2. The summed E-state index contributed by atoms with van der Waals surface area (Å²) >= 11 is 0. The van der Waals surface area contributed by atoms with Crippen LogP contribution in [-0.2, 0) is 27.0 Å². The number of hydrogen-bond acceptors (Lipinski definition) is 5. The molecule has 1 unspecified atom stereocenters. The number of alkyl halides is 3. The smallest absolute Gasteiger partial charge is 0.416 e. The number of carbonyl (C=O) groups is 2. The van der Waals surface area contributed by atoms with Gasteiger partial charge in [0.1, 0.15) is 17.9 Å². The molecule has 2 aromatic rings. The van der Waals surface area contributed by atoms with E-state index in [0.717, 1.165) is 24.1 Å². The van der Waals surface area contributed by atoms with Crippen molar-refractivity contribution in [1.29, 1.82) is 0 Å². The maximum Gasteiger partial charge on any atom is 0.416 e. The van der Waals surface area contributed by atoms with Crippen LogP contribution in [0.3, 0.4) is 0 Å². The number of methoxy groups -OCH3 is 1. The molecule has 0 aliphatic carbocycles. The third kappa shape index (κ3) is 5.91. The first-order valence-corrected chi connectivity index (χ1v) is 13.0. The number of carbonyl (C=O) groups excluding carboxylic acids is 1. The summed E-state index contributed by atoms with van der Waals surface area (Å²) < 4.78 is 50.8. The standard InChI is InChI=1S/C29H35F3N2O5/c1-28(2,3)22-23(33-16-18-12-13-19(29(30,31)32)15-21(18)38-4)24(17-9-6-5-7-10-17)34(25(22)27(36)37)26(35)20-11-8-14-39-20/h5-7,9-10,12-13,15,20,22-25,33H,8,11,14,16H2,1-4H3,(H,36,37)/t20?,22-,23-,24-,25-/m0/s1. The Balaban J connectivity index is 1.78. The summed E-state index contributed by atoms with van der Waals surface area (Å²) in [4.78, 5) is 28.1. The largest absolute Gasteiger partial charge is 0.496 e. The normalized spacial score (nSPS) is 25.6. The van der Waals surface area contributed by atoms with E-state index in [0.29, 0.717) is 18.6 Å². The highest BCUT2D eigenvalue weighted by molar-refractivity contribution is 5.88. The molecule has 0 saturated carbocycles. The van der Waals surface area contributed by atoms with Crippen molar-refractivity contribution in [3.63, 3.8) is 0 Å². The Morgan fingerprint density at radius 1 is 1.13 bits per heavy atom. The van der Waals surface area contributed by atoms with E-state index in [4.69, 9.17) is 9.47 Å². The van der Waals surface area contributed by atoms with Gasteiger partial charge in [-0.2, -0.15) is 13.2 Å². The monoisotopic (exact) mass is 548 g/mol. The van der Waals surface area contributed by atoms with Crippen LogP contribution in [0.4, 0.5) is 13.2 Å². The van der Waals surface area contributed by atoms with Gasteiger partial charge in [-0.3, -0.25) is 4.79 Å². The van der Waals surface area contributed by atoms with E-state index < -0.39 is 53.3 Å². The van der Waals surface area contributed by atoms with Gasteiger partial charge in [0, 0.05) is 30.7 Å². The molecule has 1 amide bonds. The molecule has 4 rings (SSSR count). The van der Waals surface area contributed by atoms with E-state index in [2.05, 4.69) is 5.32 Å². The SMILES string of the molecule is COc1cc(C(F)(F)F)ccc1CN[C@H]1[C@H](C(C)(C)C)[C@@H](C(=O)O)N(C(=O)C2CCCO2)[C@H]1c1ccccc1. The zero-order valence-corrected chi connectivity index (χ0v) is 22.5. The summed E-state index contributed by atoms with van der Waals surface area (Å²) in [6.45, 7) is 6.35. The van der Waals surface area contributed by atoms with Crippen molar-refractivity contribution >= 4 is 11.9 Å². The van der Waals surface area contributed by atoms with Gasteiger partial charge >= 0.3 is 12.1 Å². The molecule has 2 N–H and O–H groups in total. The molecular weight excluding hydrogens is 513 g/mol. The van der Waals surface area contributed by atoms with E-state index in [9.17, 15) is 27.9 Å². The van der Waals surface area contributed by atoms with Gasteiger partial charge < -0.3 is 24.8 Å². The van der Waals surface area contributed by atoms with Crippen molar-refractivity contribution in [3.05, 3.63) is 65.2 Å². The number of nitrogens with one attached hydrogen (secondary N) is 1. The summed E-state index contributed by atoms with van der Waals surface area (Å²) in [6.07, 6.45) is -3.99. The zero-order chi connectivity index (χ0) is 28.5. The molecule has 39 heavy (non-hydrogen) atoms. The molecule has 2 heterocycles. The predicted octanol–water partition coefficient (Wildman–Crippen LogP) is 5.05. The van der Waals surface area contributed by atoms with E-state index in [-0.39, 0.29) is 18.2 Å². The number of nitrogens with zero attached hydrogens (tertiary/aromatic N) is 1. The maximum absolute atomic E-state index is 13.9. The summed E-state index contributed by atoms with van der Waals surface area (Å²) in [7, 11) is 1.31. The molecule has 212 valence electrons. The lowest BCUT2D eigenvalue weighted by molar-refractivity contribution is -0.156. The van der Waals surface area contributed by atoms with Gasteiger partial charge in [-0.05, 0) is 36.0 Å². The first kappa shape index (κ1) is 28.9. The average molecular weight is 549 g/mol. The highest BCUT2D eigenvalue weighted by atomic mass is 19.4.